The summed E-state index contributed by atoms with van der Waals surface area (Å²) in [6.45, 7) is 3.69. The normalized spacial score (nSPS) is 12.5. The Morgan fingerprint density at radius 3 is 2.12 bits per heavy atom. The summed E-state index contributed by atoms with van der Waals surface area (Å²) in [6, 6.07) is 12.4. The van der Waals surface area contributed by atoms with Crippen LogP contribution in [0.25, 0.3) is 0 Å². The number of hydrogen-bond donors (Lipinski definition) is 1. The van der Waals surface area contributed by atoms with E-state index < -0.39 is 6.10 Å². The largest absolute Gasteiger partial charge is 0.384 e. The molecule has 0 fully saturated rings. The van der Waals surface area contributed by atoms with E-state index in [9.17, 15) is 9.50 Å². The van der Waals surface area contributed by atoms with E-state index in [1.165, 1.54) is 6.07 Å². The number of benzene rings is 2. The third kappa shape index (κ3) is 2.53. The highest BCUT2D eigenvalue weighted by molar-refractivity contribution is 5.33. The van der Waals surface area contributed by atoms with Gasteiger partial charge in [0.25, 0.3) is 0 Å². The number of halogens is 1. The van der Waals surface area contributed by atoms with Crippen molar-refractivity contribution in [1.82, 2.24) is 0 Å². The van der Waals surface area contributed by atoms with Crippen molar-refractivity contribution in [3.63, 3.8) is 0 Å². The maximum atomic E-state index is 13.1. The molecular formula is C15H15FO. The smallest absolute Gasteiger partial charge is 0.126 e. The highest BCUT2D eigenvalue weighted by Crippen LogP contribution is 2.23. The van der Waals surface area contributed by atoms with E-state index in [0.29, 0.717) is 11.1 Å². The molecule has 0 aromatic heterocycles. The van der Waals surface area contributed by atoms with Crippen molar-refractivity contribution in [3.05, 3.63) is 70.5 Å². The monoisotopic (exact) mass is 230 g/mol. The second-order valence-corrected chi connectivity index (χ2v) is 4.32. The van der Waals surface area contributed by atoms with Crippen LogP contribution in [0.1, 0.15) is 28.4 Å². The lowest BCUT2D eigenvalue weighted by atomic mass is 9.99. The molecule has 0 saturated carbocycles. The van der Waals surface area contributed by atoms with Gasteiger partial charge in [-0.3, -0.25) is 0 Å². The lowest BCUT2D eigenvalue weighted by Crippen LogP contribution is -2.00. The molecule has 2 aromatic carbocycles. The summed E-state index contributed by atoms with van der Waals surface area (Å²) in [5.41, 5.74) is 3.24. The molecule has 0 bridgehead atoms. The molecule has 0 aliphatic carbocycles. The Kier molecular flexibility index (Phi) is 3.25. The zero-order chi connectivity index (χ0) is 12.4. The molecule has 0 radical (unpaired) electrons. The Morgan fingerprint density at radius 1 is 0.941 bits per heavy atom. The van der Waals surface area contributed by atoms with Crippen molar-refractivity contribution >= 4 is 0 Å². The summed E-state index contributed by atoms with van der Waals surface area (Å²) in [7, 11) is 0. The molecule has 0 saturated heterocycles. The predicted molar refractivity (Wildman–Crippen MR) is 66.4 cm³/mol. The molecule has 2 rings (SSSR count). The van der Waals surface area contributed by atoms with Gasteiger partial charge >= 0.3 is 0 Å². The molecule has 17 heavy (non-hydrogen) atoms. The van der Waals surface area contributed by atoms with Crippen LogP contribution in [-0.4, -0.2) is 5.11 Å². The predicted octanol–water partition coefficient (Wildman–Crippen LogP) is 3.52. The fourth-order valence-corrected chi connectivity index (χ4v) is 1.78. The van der Waals surface area contributed by atoms with Crippen LogP contribution in [-0.2, 0) is 0 Å². The van der Waals surface area contributed by atoms with Gasteiger partial charge in [-0.25, -0.2) is 4.39 Å². The fraction of sp³-hybridized carbons (Fsp3) is 0.200. The molecule has 0 aliphatic heterocycles. The molecule has 1 unspecified atom stereocenters. The van der Waals surface area contributed by atoms with Crippen LogP contribution in [0.2, 0.25) is 0 Å². The van der Waals surface area contributed by atoms with E-state index >= 15 is 0 Å². The minimum absolute atomic E-state index is 0.246. The molecule has 1 N–H and O–H groups in total. The number of hydrogen-bond acceptors (Lipinski definition) is 1. The molecule has 0 heterocycles. The van der Waals surface area contributed by atoms with E-state index in [0.717, 1.165) is 11.1 Å². The van der Waals surface area contributed by atoms with Crippen LogP contribution >= 0.6 is 0 Å². The van der Waals surface area contributed by atoms with Gasteiger partial charge in [-0.15, -0.1) is 0 Å². The molecule has 1 atom stereocenters. The van der Waals surface area contributed by atoms with Crippen molar-refractivity contribution < 1.29 is 9.50 Å². The number of rotatable bonds is 2. The van der Waals surface area contributed by atoms with Crippen LogP contribution in [0.4, 0.5) is 4.39 Å². The molecule has 2 heteroatoms. The summed E-state index contributed by atoms with van der Waals surface area (Å²) in [6.07, 6.45) is -0.699. The summed E-state index contributed by atoms with van der Waals surface area (Å²) in [4.78, 5) is 0. The van der Waals surface area contributed by atoms with Gasteiger partial charge in [-0.1, -0.05) is 42.0 Å². The topological polar surface area (TPSA) is 20.2 Å². The first kappa shape index (κ1) is 11.8. The third-order valence-electron chi connectivity index (χ3n) is 2.89. The summed E-state index contributed by atoms with van der Waals surface area (Å²) >= 11 is 0. The Labute approximate surface area is 101 Å². The quantitative estimate of drug-likeness (QED) is 0.836. The second kappa shape index (κ2) is 4.68. The van der Waals surface area contributed by atoms with E-state index in [2.05, 4.69) is 0 Å². The average Bonchev–Trinajstić information content (AvgIpc) is 2.33. The van der Waals surface area contributed by atoms with Crippen molar-refractivity contribution in [2.75, 3.05) is 0 Å². The third-order valence-corrected chi connectivity index (χ3v) is 2.89. The van der Waals surface area contributed by atoms with Crippen LogP contribution in [0.3, 0.4) is 0 Å². The maximum Gasteiger partial charge on any atom is 0.126 e. The highest BCUT2D eigenvalue weighted by Gasteiger charge is 2.11. The Balaban J connectivity index is 2.33. The van der Waals surface area contributed by atoms with Crippen LogP contribution in [0.15, 0.2) is 42.5 Å². The minimum Gasteiger partial charge on any atom is -0.384 e. The Bertz CT molecular complexity index is 517. The summed E-state index contributed by atoms with van der Waals surface area (Å²) < 4.78 is 13.1. The zero-order valence-corrected chi connectivity index (χ0v) is 9.94. The molecule has 2 aromatic rings. The molecule has 88 valence electrons. The van der Waals surface area contributed by atoms with Gasteiger partial charge in [0.05, 0.1) is 0 Å². The lowest BCUT2D eigenvalue weighted by Gasteiger charge is -2.12. The fourth-order valence-electron chi connectivity index (χ4n) is 1.78. The van der Waals surface area contributed by atoms with Crippen molar-refractivity contribution in [1.29, 1.82) is 0 Å². The van der Waals surface area contributed by atoms with Gasteiger partial charge in [0, 0.05) is 0 Å². The molecular weight excluding hydrogens is 215 g/mol. The van der Waals surface area contributed by atoms with Crippen molar-refractivity contribution in [2.24, 2.45) is 0 Å². The van der Waals surface area contributed by atoms with E-state index in [-0.39, 0.29) is 5.82 Å². The van der Waals surface area contributed by atoms with E-state index in [4.69, 9.17) is 0 Å². The van der Waals surface area contributed by atoms with Gasteiger partial charge in [0.1, 0.15) is 11.9 Å². The van der Waals surface area contributed by atoms with Crippen LogP contribution in [0, 0.1) is 19.7 Å². The van der Waals surface area contributed by atoms with Gasteiger partial charge < -0.3 is 5.11 Å². The SMILES string of the molecule is Cc1ccc(C(O)c2ccc(F)c(C)c2)cc1. The molecule has 0 aliphatic rings. The Morgan fingerprint density at radius 2 is 1.53 bits per heavy atom. The second-order valence-electron chi connectivity index (χ2n) is 4.32. The number of aliphatic hydroxyl groups is 1. The minimum atomic E-state index is -0.699. The average molecular weight is 230 g/mol. The molecule has 0 spiro atoms. The lowest BCUT2D eigenvalue weighted by molar-refractivity contribution is 0.220. The van der Waals surface area contributed by atoms with Crippen molar-refractivity contribution in [3.8, 4) is 0 Å². The standard InChI is InChI=1S/C15H15FO/c1-10-3-5-12(6-4-10)15(17)13-7-8-14(16)11(2)9-13/h3-9,15,17H,1-2H3. The maximum absolute atomic E-state index is 13.1. The van der Waals surface area contributed by atoms with Crippen LogP contribution < -0.4 is 0 Å². The summed E-state index contributed by atoms with van der Waals surface area (Å²) in [5.74, 6) is -0.246. The first-order valence-electron chi connectivity index (χ1n) is 5.58. The van der Waals surface area contributed by atoms with E-state index in [1.807, 2.05) is 31.2 Å². The van der Waals surface area contributed by atoms with E-state index in [1.54, 1.807) is 19.1 Å². The number of aryl methyl sites for hydroxylation is 2. The van der Waals surface area contributed by atoms with Crippen LogP contribution in [0.5, 0.6) is 0 Å². The zero-order valence-electron chi connectivity index (χ0n) is 9.94. The molecule has 1 nitrogen and oxygen atoms in total. The first-order valence-corrected chi connectivity index (χ1v) is 5.58. The van der Waals surface area contributed by atoms with Crippen molar-refractivity contribution in [2.45, 2.75) is 20.0 Å². The Hall–Kier alpha value is -1.67. The first-order chi connectivity index (χ1) is 8.08. The van der Waals surface area contributed by atoms with Gasteiger partial charge in [-0.2, -0.15) is 0 Å². The number of aliphatic hydroxyl groups excluding tert-OH is 1. The van der Waals surface area contributed by atoms with Gasteiger partial charge in [0.15, 0.2) is 0 Å². The summed E-state index contributed by atoms with van der Waals surface area (Å²) in [5, 5.41) is 10.2. The van der Waals surface area contributed by atoms with Gasteiger partial charge in [-0.05, 0) is 36.6 Å². The van der Waals surface area contributed by atoms with Gasteiger partial charge in [0.2, 0.25) is 0 Å². The molecule has 0 amide bonds. The highest BCUT2D eigenvalue weighted by atomic mass is 19.1.